The summed E-state index contributed by atoms with van der Waals surface area (Å²) in [6, 6.07) is 1.97. The van der Waals surface area contributed by atoms with E-state index in [2.05, 4.69) is 38.5 Å². The van der Waals surface area contributed by atoms with Crippen molar-refractivity contribution in [2.24, 2.45) is 5.92 Å². The first kappa shape index (κ1) is 13.5. The monoisotopic (exact) mass is 311 g/mol. The number of piperidine rings is 1. The van der Waals surface area contributed by atoms with Gasteiger partial charge in [-0.05, 0) is 60.8 Å². The molecule has 1 aromatic heterocycles. The third kappa shape index (κ3) is 3.53. The maximum absolute atomic E-state index is 12.1. The molecule has 0 aliphatic carbocycles. The predicted molar refractivity (Wildman–Crippen MR) is 74.5 cm³/mol. The van der Waals surface area contributed by atoms with Crippen LogP contribution in [-0.2, 0) is 0 Å². The van der Waals surface area contributed by atoms with E-state index in [9.17, 15) is 4.79 Å². The first-order chi connectivity index (χ1) is 8.66. The highest BCUT2D eigenvalue weighted by atomic mass is 79.9. The minimum atomic E-state index is -0.0538. The molecule has 1 fully saturated rings. The fourth-order valence-corrected chi connectivity index (χ4v) is 2.61. The molecule has 5 heteroatoms. The maximum atomic E-state index is 12.1. The number of hydrogen-bond acceptors (Lipinski definition) is 3. The highest BCUT2D eigenvalue weighted by Crippen LogP contribution is 2.15. The Hall–Kier alpha value is -0.940. The minimum absolute atomic E-state index is 0.0538. The lowest BCUT2D eigenvalue weighted by atomic mass is 9.92. The Labute approximate surface area is 116 Å². The van der Waals surface area contributed by atoms with Gasteiger partial charge in [0.05, 0.1) is 5.56 Å². The van der Waals surface area contributed by atoms with Gasteiger partial charge in [0.15, 0.2) is 0 Å². The number of halogens is 1. The van der Waals surface area contributed by atoms with Gasteiger partial charge in [0, 0.05) is 22.9 Å². The quantitative estimate of drug-likeness (QED) is 0.897. The average Bonchev–Trinajstić information content (AvgIpc) is 2.39. The average molecular weight is 312 g/mol. The van der Waals surface area contributed by atoms with Crippen molar-refractivity contribution >= 4 is 21.8 Å². The molecule has 0 radical (unpaired) electrons. The number of rotatable bonds is 3. The number of hydrogen-bond donors (Lipinski definition) is 2. The lowest BCUT2D eigenvalue weighted by Gasteiger charge is -2.28. The number of nitrogens with zero attached hydrogens (tertiary/aromatic N) is 1. The van der Waals surface area contributed by atoms with E-state index in [1.807, 2.05) is 0 Å². The molecule has 1 amide bonds. The minimum Gasteiger partial charge on any atom is -0.349 e. The van der Waals surface area contributed by atoms with Crippen molar-refractivity contribution in [2.45, 2.75) is 25.8 Å². The van der Waals surface area contributed by atoms with E-state index in [0.717, 1.165) is 17.6 Å². The van der Waals surface area contributed by atoms with Gasteiger partial charge in [-0.25, -0.2) is 0 Å². The molecular weight excluding hydrogens is 294 g/mol. The molecule has 2 N–H and O–H groups in total. The highest BCUT2D eigenvalue weighted by molar-refractivity contribution is 9.10. The van der Waals surface area contributed by atoms with E-state index in [-0.39, 0.29) is 11.9 Å². The second-order valence-electron chi connectivity index (χ2n) is 4.76. The Bertz CT molecular complexity index is 418. The predicted octanol–water partition coefficient (Wildman–Crippen LogP) is 1.96. The van der Waals surface area contributed by atoms with Crippen LogP contribution in [0.4, 0.5) is 0 Å². The highest BCUT2D eigenvalue weighted by Gasteiger charge is 2.21. The molecule has 1 saturated heterocycles. The molecule has 0 bridgehead atoms. The number of carbonyl (C=O) groups is 1. The van der Waals surface area contributed by atoms with E-state index in [4.69, 9.17) is 0 Å². The van der Waals surface area contributed by atoms with Crippen LogP contribution >= 0.6 is 15.9 Å². The molecule has 2 rings (SSSR count). The van der Waals surface area contributed by atoms with E-state index in [0.29, 0.717) is 11.5 Å². The number of nitrogens with one attached hydrogen (secondary N) is 2. The molecule has 0 aromatic carbocycles. The van der Waals surface area contributed by atoms with Crippen molar-refractivity contribution in [2.75, 3.05) is 13.1 Å². The van der Waals surface area contributed by atoms with Crippen LogP contribution in [0.15, 0.2) is 22.9 Å². The second-order valence-corrected chi connectivity index (χ2v) is 5.68. The fraction of sp³-hybridized carbons (Fsp3) is 0.538. The van der Waals surface area contributed by atoms with E-state index >= 15 is 0 Å². The summed E-state index contributed by atoms with van der Waals surface area (Å²) in [6.45, 7) is 4.14. The number of amides is 1. The van der Waals surface area contributed by atoms with Crippen LogP contribution in [-0.4, -0.2) is 30.0 Å². The zero-order valence-corrected chi connectivity index (χ0v) is 12.0. The van der Waals surface area contributed by atoms with Crippen molar-refractivity contribution in [1.29, 1.82) is 0 Å². The van der Waals surface area contributed by atoms with E-state index < -0.39 is 0 Å². The molecule has 1 aliphatic rings. The second kappa shape index (κ2) is 6.29. The largest absolute Gasteiger partial charge is 0.349 e. The third-order valence-corrected chi connectivity index (χ3v) is 3.80. The van der Waals surface area contributed by atoms with Crippen molar-refractivity contribution in [3.05, 3.63) is 28.5 Å². The molecular formula is C13H18BrN3O. The molecule has 1 aliphatic heterocycles. The first-order valence-electron chi connectivity index (χ1n) is 6.29. The normalized spacial score (nSPS) is 21.3. The Morgan fingerprint density at radius 2 is 2.44 bits per heavy atom. The van der Waals surface area contributed by atoms with Gasteiger partial charge >= 0.3 is 0 Å². The Balaban J connectivity index is 1.94. The Morgan fingerprint density at radius 1 is 1.61 bits per heavy atom. The summed E-state index contributed by atoms with van der Waals surface area (Å²) < 4.78 is 0.821. The molecule has 2 atom stereocenters. The summed E-state index contributed by atoms with van der Waals surface area (Å²) >= 11 is 3.32. The van der Waals surface area contributed by atoms with Gasteiger partial charge in [-0.2, -0.15) is 0 Å². The van der Waals surface area contributed by atoms with Crippen molar-refractivity contribution in [3.63, 3.8) is 0 Å². The van der Waals surface area contributed by atoms with Gasteiger partial charge in [-0.1, -0.05) is 0 Å². The van der Waals surface area contributed by atoms with Crippen molar-refractivity contribution < 1.29 is 4.79 Å². The summed E-state index contributed by atoms with van der Waals surface area (Å²) in [6.07, 6.45) is 5.62. The van der Waals surface area contributed by atoms with Crippen LogP contribution in [0.2, 0.25) is 0 Å². The standard InChI is InChI=1S/C13H18BrN3O/c1-9(10-3-2-4-15-6-10)17-13(18)11-5-12(14)8-16-7-11/h5,7-10,15H,2-4,6H2,1H3,(H,17,18). The zero-order valence-electron chi connectivity index (χ0n) is 10.4. The summed E-state index contributed by atoms with van der Waals surface area (Å²) in [4.78, 5) is 16.1. The van der Waals surface area contributed by atoms with Crippen LogP contribution in [0.25, 0.3) is 0 Å². The van der Waals surface area contributed by atoms with Crippen LogP contribution in [0, 0.1) is 5.92 Å². The lowest BCUT2D eigenvalue weighted by Crippen LogP contribution is -2.44. The van der Waals surface area contributed by atoms with Gasteiger partial charge in [-0.15, -0.1) is 0 Å². The van der Waals surface area contributed by atoms with Gasteiger partial charge in [0.2, 0.25) is 0 Å². The van der Waals surface area contributed by atoms with Crippen molar-refractivity contribution in [3.8, 4) is 0 Å². The first-order valence-corrected chi connectivity index (χ1v) is 7.08. The molecule has 0 saturated carbocycles. The van der Waals surface area contributed by atoms with Gasteiger partial charge in [-0.3, -0.25) is 9.78 Å². The van der Waals surface area contributed by atoms with Gasteiger partial charge in [0.25, 0.3) is 5.91 Å². The van der Waals surface area contributed by atoms with E-state index in [1.54, 1.807) is 18.5 Å². The van der Waals surface area contributed by atoms with Crippen LogP contribution in [0.5, 0.6) is 0 Å². The van der Waals surface area contributed by atoms with Gasteiger partial charge in [0.1, 0.15) is 0 Å². The van der Waals surface area contributed by atoms with Crippen LogP contribution in [0.1, 0.15) is 30.1 Å². The third-order valence-electron chi connectivity index (χ3n) is 3.37. The summed E-state index contributed by atoms with van der Waals surface area (Å²) in [5.41, 5.74) is 0.597. The smallest absolute Gasteiger partial charge is 0.253 e. The molecule has 4 nitrogen and oxygen atoms in total. The Kier molecular flexibility index (Phi) is 4.72. The van der Waals surface area contributed by atoms with Crippen LogP contribution < -0.4 is 10.6 Å². The number of pyridine rings is 1. The molecule has 18 heavy (non-hydrogen) atoms. The van der Waals surface area contributed by atoms with Crippen molar-refractivity contribution in [1.82, 2.24) is 15.6 Å². The molecule has 0 spiro atoms. The SMILES string of the molecule is CC(NC(=O)c1cncc(Br)c1)C1CCCNC1. The molecule has 1 aromatic rings. The summed E-state index contributed by atoms with van der Waals surface area (Å²) in [7, 11) is 0. The number of carbonyl (C=O) groups excluding carboxylic acids is 1. The zero-order chi connectivity index (χ0) is 13.0. The van der Waals surface area contributed by atoms with E-state index in [1.165, 1.54) is 12.8 Å². The lowest BCUT2D eigenvalue weighted by molar-refractivity contribution is 0.0921. The molecule has 98 valence electrons. The number of aromatic nitrogens is 1. The Morgan fingerprint density at radius 3 is 3.11 bits per heavy atom. The van der Waals surface area contributed by atoms with Crippen LogP contribution in [0.3, 0.4) is 0 Å². The topological polar surface area (TPSA) is 54.0 Å². The fourth-order valence-electron chi connectivity index (χ4n) is 2.25. The maximum Gasteiger partial charge on any atom is 0.253 e. The van der Waals surface area contributed by atoms with Gasteiger partial charge < -0.3 is 10.6 Å². The molecule has 2 unspecified atom stereocenters. The molecule has 2 heterocycles. The summed E-state index contributed by atoms with van der Waals surface area (Å²) in [5, 5.41) is 6.42. The summed E-state index contributed by atoms with van der Waals surface area (Å²) in [5.74, 6) is 0.463.